The first kappa shape index (κ1) is 22.7. The summed E-state index contributed by atoms with van der Waals surface area (Å²) >= 11 is 0. The lowest BCUT2D eigenvalue weighted by Crippen LogP contribution is -2.52. The molecule has 180 valence electrons. The van der Waals surface area contributed by atoms with Crippen molar-refractivity contribution in [1.29, 1.82) is 0 Å². The van der Waals surface area contributed by atoms with Gasteiger partial charge in [-0.1, -0.05) is 25.5 Å². The van der Waals surface area contributed by atoms with Gasteiger partial charge in [0.05, 0.1) is 4.90 Å². The van der Waals surface area contributed by atoms with E-state index >= 15 is 0 Å². The quantitative estimate of drug-likeness (QED) is 0.581. The van der Waals surface area contributed by atoms with E-state index in [0.29, 0.717) is 44.2 Å². The van der Waals surface area contributed by atoms with Crippen LogP contribution in [-0.4, -0.2) is 50.0 Å². The lowest BCUT2D eigenvalue weighted by molar-refractivity contribution is -0.135. The number of fused-ring (bicyclic) bond motifs is 4. The van der Waals surface area contributed by atoms with E-state index in [1.807, 2.05) is 20.8 Å². The van der Waals surface area contributed by atoms with Crippen LogP contribution in [-0.2, 0) is 27.8 Å². The Hall–Kier alpha value is -3.04. The Kier molecular flexibility index (Phi) is 5.77. The number of H-pyrrole nitrogens is 1. The fourth-order valence-electron chi connectivity index (χ4n) is 4.61. The molecule has 5 rings (SSSR count). The summed E-state index contributed by atoms with van der Waals surface area (Å²) in [4.78, 5) is 18.8. The molecule has 1 atom stereocenters. The zero-order valence-electron chi connectivity index (χ0n) is 19.6. The molecule has 3 heterocycles. The van der Waals surface area contributed by atoms with Crippen molar-refractivity contribution in [3.63, 3.8) is 0 Å². The number of carbonyl (C=O) groups is 1. The van der Waals surface area contributed by atoms with Crippen molar-refractivity contribution in [3.05, 3.63) is 53.2 Å². The molecule has 0 bridgehead atoms. The molecule has 34 heavy (non-hydrogen) atoms. The Morgan fingerprint density at radius 2 is 1.85 bits per heavy atom. The maximum absolute atomic E-state index is 13.6. The average Bonchev–Trinajstić information content (AvgIpc) is 3.18. The fraction of sp³-hybridized carbons (Fsp3) is 0.400. The topological polar surface area (TPSA) is 101 Å². The second kappa shape index (κ2) is 8.63. The van der Waals surface area contributed by atoms with Crippen molar-refractivity contribution < 1.29 is 22.7 Å². The second-order valence-corrected chi connectivity index (χ2v) is 11.0. The van der Waals surface area contributed by atoms with Gasteiger partial charge in [-0.05, 0) is 37.1 Å². The van der Waals surface area contributed by atoms with E-state index in [-0.39, 0.29) is 16.7 Å². The number of hydrogen-bond donors (Lipinski definition) is 2. The Morgan fingerprint density at radius 1 is 1.09 bits per heavy atom. The van der Waals surface area contributed by atoms with Crippen LogP contribution in [0, 0.1) is 12.8 Å². The molecule has 9 heteroatoms. The molecule has 0 saturated heterocycles. The smallest absolute Gasteiger partial charge is 0.241 e. The van der Waals surface area contributed by atoms with E-state index in [0.717, 1.165) is 27.7 Å². The first-order valence-electron chi connectivity index (χ1n) is 11.5. The Balaban J connectivity index is 1.39. The van der Waals surface area contributed by atoms with Crippen LogP contribution in [0.3, 0.4) is 0 Å². The molecule has 3 aromatic rings. The number of ether oxygens (including phenoxy) is 2. The number of nitrogens with one attached hydrogen (secondary N) is 2. The second-order valence-electron chi connectivity index (χ2n) is 9.29. The molecule has 2 aromatic carbocycles. The predicted octanol–water partition coefficient (Wildman–Crippen LogP) is 3.14. The summed E-state index contributed by atoms with van der Waals surface area (Å²) in [7, 11) is -3.95. The molecule has 2 aliphatic heterocycles. The van der Waals surface area contributed by atoms with Crippen molar-refractivity contribution in [3.8, 4) is 11.5 Å². The van der Waals surface area contributed by atoms with Crippen molar-refractivity contribution in [2.75, 3.05) is 19.8 Å². The number of carbonyl (C=O) groups excluding carboxylic acids is 1. The van der Waals surface area contributed by atoms with Crippen LogP contribution in [0.1, 0.15) is 30.7 Å². The van der Waals surface area contributed by atoms with E-state index < -0.39 is 16.1 Å². The number of rotatable bonds is 5. The van der Waals surface area contributed by atoms with E-state index in [1.165, 1.54) is 12.1 Å². The van der Waals surface area contributed by atoms with Crippen LogP contribution in [0.4, 0.5) is 0 Å². The van der Waals surface area contributed by atoms with E-state index in [2.05, 4.69) is 27.9 Å². The summed E-state index contributed by atoms with van der Waals surface area (Å²) in [5.74, 6) is 0.453. The van der Waals surface area contributed by atoms with Crippen molar-refractivity contribution in [2.45, 2.75) is 44.7 Å². The molecule has 0 aliphatic carbocycles. The summed E-state index contributed by atoms with van der Waals surface area (Å²) in [5, 5.41) is 1.12. The highest BCUT2D eigenvalue weighted by Gasteiger charge is 2.34. The molecular weight excluding hydrogens is 454 g/mol. The summed E-state index contributed by atoms with van der Waals surface area (Å²) in [6, 6.07) is 9.87. The predicted molar refractivity (Wildman–Crippen MR) is 129 cm³/mol. The zero-order valence-corrected chi connectivity index (χ0v) is 20.4. The van der Waals surface area contributed by atoms with Crippen molar-refractivity contribution in [1.82, 2.24) is 14.6 Å². The Bertz CT molecular complexity index is 1360. The van der Waals surface area contributed by atoms with Gasteiger partial charge in [0.25, 0.3) is 0 Å². The molecule has 1 unspecified atom stereocenters. The summed E-state index contributed by atoms with van der Waals surface area (Å²) in [6.07, 6.45) is 0.703. The van der Waals surface area contributed by atoms with E-state index in [1.54, 1.807) is 11.0 Å². The monoisotopic (exact) mass is 483 g/mol. The van der Waals surface area contributed by atoms with Gasteiger partial charge in [0.1, 0.15) is 19.3 Å². The highest BCUT2D eigenvalue weighted by Crippen LogP contribution is 2.33. The normalized spacial score (nSPS) is 16.5. The molecule has 0 spiro atoms. The molecule has 0 fully saturated rings. The van der Waals surface area contributed by atoms with Crippen molar-refractivity contribution in [2.24, 2.45) is 5.92 Å². The van der Waals surface area contributed by atoms with E-state index in [4.69, 9.17) is 9.47 Å². The molecule has 2 aliphatic rings. The Labute approximate surface area is 199 Å². The minimum absolute atomic E-state index is 0.0447. The SMILES string of the molecule is Cc1ccc2[nH]c3c(c2c1)CN(C(=O)C(NS(=O)(=O)c1ccc2c(c1)OCCO2)C(C)C)CC3. The largest absolute Gasteiger partial charge is 0.486 e. The number of benzene rings is 2. The summed E-state index contributed by atoms with van der Waals surface area (Å²) < 4.78 is 40.1. The van der Waals surface area contributed by atoms with Gasteiger partial charge in [0.2, 0.25) is 15.9 Å². The van der Waals surface area contributed by atoms with Gasteiger partial charge < -0.3 is 19.4 Å². The zero-order chi connectivity index (χ0) is 24.0. The van der Waals surface area contributed by atoms with Crippen LogP contribution < -0.4 is 14.2 Å². The minimum atomic E-state index is -3.95. The molecule has 1 aromatic heterocycles. The molecule has 2 N–H and O–H groups in total. The number of sulfonamides is 1. The number of aryl methyl sites for hydroxylation is 1. The van der Waals surface area contributed by atoms with Gasteiger partial charge in [-0.25, -0.2) is 8.42 Å². The molecular formula is C25H29N3O5S. The number of nitrogens with zero attached hydrogens (tertiary/aromatic N) is 1. The number of hydrogen-bond acceptors (Lipinski definition) is 5. The van der Waals surface area contributed by atoms with E-state index in [9.17, 15) is 13.2 Å². The van der Waals surface area contributed by atoms with Crippen LogP contribution in [0.5, 0.6) is 11.5 Å². The summed E-state index contributed by atoms with van der Waals surface area (Å²) in [6.45, 7) is 7.51. The van der Waals surface area contributed by atoms with Crippen molar-refractivity contribution >= 4 is 26.8 Å². The van der Waals surface area contributed by atoms with Gasteiger partial charge >= 0.3 is 0 Å². The first-order valence-corrected chi connectivity index (χ1v) is 13.0. The van der Waals surface area contributed by atoms with Gasteiger partial charge in [0.15, 0.2) is 11.5 Å². The third-order valence-corrected chi connectivity index (χ3v) is 7.92. The van der Waals surface area contributed by atoms with Gasteiger partial charge in [0, 0.05) is 47.7 Å². The maximum atomic E-state index is 13.6. The average molecular weight is 484 g/mol. The first-order chi connectivity index (χ1) is 16.2. The fourth-order valence-corrected chi connectivity index (χ4v) is 5.96. The Morgan fingerprint density at radius 3 is 2.62 bits per heavy atom. The minimum Gasteiger partial charge on any atom is -0.486 e. The van der Waals surface area contributed by atoms with Crippen LogP contribution in [0.2, 0.25) is 0 Å². The molecule has 0 saturated carbocycles. The van der Waals surface area contributed by atoms with Gasteiger partial charge in [-0.2, -0.15) is 4.72 Å². The highest BCUT2D eigenvalue weighted by molar-refractivity contribution is 7.89. The number of aromatic amines is 1. The van der Waals surface area contributed by atoms with Crippen LogP contribution >= 0.6 is 0 Å². The van der Waals surface area contributed by atoms with Gasteiger partial charge in [-0.3, -0.25) is 4.79 Å². The third-order valence-electron chi connectivity index (χ3n) is 6.48. The number of aromatic nitrogens is 1. The number of amides is 1. The highest BCUT2D eigenvalue weighted by atomic mass is 32.2. The third kappa shape index (κ3) is 4.14. The molecule has 1 amide bonds. The molecule has 0 radical (unpaired) electrons. The van der Waals surface area contributed by atoms with Gasteiger partial charge in [-0.15, -0.1) is 0 Å². The molecule has 8 nitrogen and oxygen atoms in total. The standard InChI is InChI=1S/C25H29N3O5S/c1-15(2)24(27-34(30,31)17-5-7-22-23(13-17)33-11-10-32-22)25(29)28-9-8-21-19(14-28)18-12-16(3)4-6-20(18)26-21/h4-7,12-13,15,24,26-27H,8-11,14H2,1-3H3. The lowest BCUT2D eigenvalue weighted by atomic mass is 10.00. The summed E-state index contributed by atoms with van der Waals surface area (Å²) in [5.41, 5.74) is 4.47. The van der Waals surface area contributed by atoms with Crippen LogP contribution in [0.15, 0.2) is 41.3 Å². The van der Waals surface area contributed by atoms with Crippen LogP contribution in [0.25, 0.3) is 10.9 Å². The lowest BCUT2D eigenvalue weighted by Gasteiger charge is -2.32. The maximum Gasteiger partial charge on any atom is 0.241 e.